The van der Waals surface area contributed by atoms with Crippen LogP contribution in [0, 0.1) is 5.82 Å². The molecule has 1 atom stereocenters. The highest BCUT2D eigenvalue weighted by molar-refractivity contribution is 5.45. The highest BCUT2D eigenvalue weighted by Crippen LogP contribution is 2.15. The van der Waals surface area contributed by atoms with Gasteiger partial charge in [-0.25, -0.2) is 4.39 Å². The van der Waals surface area contributed by atoms with E-state index in [9.17, 15) is 4.39 Å². The minimum atomic E-state index is -0.175. The maximum absolute atomic E-state index is 12.7. The van der Waals surface area contributed by atoms with Crippen LogP contribution in [0.4, 0.5) is 10.1 Å². The summed E-state index contributed by atoms with van der Waals surface area (Å²) in [5.41, 5.74) is 1.07. The van der Waals surface area contributed by atoms with Crippen molar-refractivity contribution < 1.29 is 4.39 Å². The van der Waals surface area contributed by atoms with Gasteiger partial charge in [0.1, 0.15) is 5.82 Å². The second-order valence-corrected chi connectivity index (χ2v) is 4.15. The Morgan fingerprint density at radius 2 is 2.13 bits per heavy atom. The molecule has 1 aromatic carbocycles. The third kappa shape index (κ3) is 2.69. The third-order valence-corrected chi connectivity index (χ3v) is 2.92. The molecule has 1 aromatic rings. The molecule has 1 aliphatic heterocycles. The largest absolute Gasteiger partial charge is 0.373 e. The lowest BCUT2D eigenvalue weighted by atomic mass is 10.2. The number of hydrogen-bond acceptors (Lipinski definition) is 2. The molecule has 1 N–H and O–H groups in total. The molecule has 0 unspecified atom stereocenters. The lowest BCUT2D eigenvalue weighted by molar-refractivity contribution is 0.598. The summed E-state index contributed by atoms with van der Waals surface area (Å²) in [6.07, 6.45) is 2.51. The second kappa shape index (κ2) is 4.62. The summed E-state index contributed by atoms with van der Waals surface area (Å²) in [5, 5.41) is 3.45. The SMILES string of the molecule is CN(C[C@H]1CCCN1)c1ccc(F)cc1. The zero-order valence-electron chi connectivity index (χ0n) is 9.04. The normalized spacial score (nSPS) is 20.5. The van der Waals surface area contributed by atoms with Crippen LogP contribution in [0.2, 0.25) is 0 Å². The predicted molar refractivity (Wildman–Crippen MR) is 60.7 cm³/mol. The number of nitrogens with one attached hydrogen (secondary N) is 1. The van der Waals surface area contributed by atoms with Gasteiger partial charge in [-0.3, -0.25) is 0 Å². The Morgan fingerprint density at radius 3 is 2.73 bits per heavy atom. The molecule has 1 heterocycles. The summed E-state index contributed by atoms with van der Waals surface area (Å²) in [6, 6.07) is 7.25. The monoisotopic (exact) mass is 208 g/mol. The van der Waals surface area contributed by atoms with Gasteiger partial charge in [0.25, 0.3) is 0 Å². The van der Waals surface area contributed by atoms with Gasteiger partial charge in [0, 0.05) is 25.3 Å². The molecule has 82 valence electrons. The molecule has 2 rings (SSSR count). The number of nitrogens with zero attached hydrogens (tertiary/aromatic N) is 1. The van der Waals surface area contributed by atoms with E-state index in [1.165, 1.54) is 25.0 Å². The molecular weight excluding hydrogens is 191 g/mol. The zero-order valence-corrected chi connectivity index (χ0v) is 9.04. The lowest BCUT2D eigenvalue weighted by Gasteiger charge is -2.23. The van der Waals surface area contributed by atoms with Crippen molar-refractivity contribution in [2.24, 2.45) is 0 Å². The molecule has 1 saturated heterocycles. The predicted octanol–water partition coefficient (Wildman–Crippen LogP) is 2.01. The molecule has 3 heteroatoms. The van der Waals surface area contributed by atoms with Crippen LogP contribution in [0.15, 0.2) is 24.3 Å². The first-order valence-corrected chi connectivity index (χ1v) is 5.46. The highest BCUT2D eigenvalue weighted by Gasteiger charge is 2.15. The fraction of sp³-hybridized carbons (Fsp3) is 0.500. The smallest absolute Gasteiger partial charge is 0.123 e. The van der Waals surface area contributed by atoms with E-state index in [0.717, 1.165) is 18.8 Å². The maximum atomic E-state index is 12.7. The van der Waals surface area contributed by atoms with E-state index in [1.807, 2.05) is 19.2 Å². The average molecular weight is 208 g/mol. The molecule has 0 bridgehead atoms. The standard InChI is InChI=1S/C12H17FN2/c1-15(9-11-3-2-8-14-11)12-6-4-10(13)5-7-12/h4-7,11,14H,2-3,8-9H2,1H3/t11-/m1/s1. The Balaban J connectivity index is 1.94. The van der Waals surface area contributed by atoms with Crippen LogP contribution in [-0.4, -0.2) is 26.2 Å². The number of hydrogen-bond donors (Lipinski definition) is 1. The molecule has 2 nitrogen and oxygen atoms in total. The maximum Gasteiger partial charge on any atom is 0.123 e. The van der Waals surface area contributed by atoms with Crippen LogP contribution >= 0.6 is 0 Å². The first kappa shape index (κ1) is 10.4. The summed E-state index contributed by atoms with van der Waals surface area (Å²) < 4.78 is 12.7. The van der Waals surface area contributed by atoms with Gasteiger partial charge in [0.05, 0.1) is 0 Å². The van der Waals surface area contributed by atoms with E-state index in [1.54, 1.807) is 0 Å². The number of rotatable bonds is 3. The van der Waals surface area contributed by atoms with Crippen molar-refractivity contribution in [1.82, 2.24) is 5.32 Å². The van der Waals surface area contributed by atoms with Crippen LogP contribution in [0.1, 0.15) is 12.8 Å². The quantitative estimate of drug-likeness (QED) is 0.817. The van der Waals surface area contributed by atoms with Gasteiger partial charge in [0.15, 0.2) is 0 Å². The lowest BCUT2D eigenvalue weighted by Crippen LogP contribution is -2.35. The summed E-state index contributed by atoms with van der Waals surface area (Å²) in [7, 11) is 2.05. The van der Waals surface area contributed by atoms with Crippen molar-refractivity contribution in [2.75, 3.05) is 25.0 Å². The molecule has 15 heavy (non-hydrogen) atoms. The van der Waals surface area contributed by atoms with E-state index in [4.69, 9.17) is 0 Å². The Kier molecular flexibility index (Phi) is 3.21. The fourth-order valence-electron chi connectivity index (χ4n) is 2.04. The molecule has 0 aliphatic carbocycles. The van der Waals surface area contributed by atoms with Crippen molar-refractivity contribution in [1.29, 1.82) is 0 Å². The van der Waals surface area contributed by atoms with Gasteiger partial charge in [-0.15, -0.1) is 0 Å². The van der Waals surface area contributed by atoms with E-state index in [-0.39, 0.29) is 5.82 Å². The molecule has 0 saturated carbocycles. The number of halogens is 1. The van der Waals surface area contributed by atoms with Crippen molar-refractivity contribution >= 4 is 5.69 Å². The zero-order chi connectivity index (χ0) is 10.7. The minimum absolute atomic E-state index is 0.175. The second-order valence-electron chi connectivity index (χ2n) is 4.15. The van der Waals surface area contributed by atoms with Crippen LogP contribution in [0.25, 0.3) is 0 Å². The van der Waals surface area contributed by atoms with Crippen LogP contribution in [0.3, 0.4) is 0 Å². The molecule has 1 fully saturated rings. The average Bonchev–Trinajstić information content (AvgIpc) is 2.71. The highest BCUT2D eigenvalue weighted by atomic mass is 19.1. The van der Waals surface area contributed by atoms with E-state index in [2.05, 4.69) is 10.2 Å². The molecule has 0 spiro atoms. The Bertz CT molecular complexity index is 304. The first-order chi connectivity index (χ1) is 7.25. The Morgan fingerprint density at radius 1 is 1.40 bits per heavy atom. The number of anilines is 1. The minimum Gasteiger partial charge on any atom is -0.373 e. The van der Waals surface area contributed by atoms with E-state index < -0.39 is 0 Å². The van der Waals surface area contributed by atoms with Crippen molar-refractivity contribution in [3.8, 4) is 0 Å². The van der Waals surface area contributed by atoms with Gasteiger partial charge in [-0.05, 0) is 43.7 Å². The van der Waals surface area contributed by atoms with Crippen LogP contribution in [-0.2, 0) is 0 Å². The molecule has 0 radical (unpaired) electrons. The first-order valence-electron chi connectivity index (χ1n) is 5.46. The van der Waals surface area contributed by atoms with Gasteiger partial charge < -0.3 is 10.2 Å². The van der Waals surface area contributed by atoms with Crippen molar-refractivity contribution in [2.45, 2.75) is 18.9 Å². The molecule has 0 aromatic heterocycles. The number of benzene rings is 1. The summed E-state index contributed by atoms with van der Waals surface area (Å²) >= 11 is 0. The summed E-state index contributed by atoms with van der Waals surface area (Å²) in [4.78, 5) is 2.17. The van der Waals surface area contributed by atoms with Gasteiger partial charge >= 0.3 is 0 Å². The molecule has 1 aliphatic rings. The van der Waals surface area contributed by atoms with Crippen molar-refractivity contribution in [3.63, 3.8) is 0 Å². The van der Waals surface area contributed by atoms with Gasteiger partial charge in [-0.1, -0.05) is 0 Å². The molecular formula is C12H17FN2. The Hall–Kier alpha value is -1.09. The van der Waals surface area contributed by atoms with Gasteiger partial charge in [-0.2, -0.15) is 0 Å². The Labute approximate surface area is 90.1 Å². The van der Waals surface area contributed by atoms with E-state index >= 15 is 0 Å². The number of likely N-dealkylation sites (N-methyl/N-ethyl adjacent to an activating group) is 1. The van der Waals surface area contributed by atoms with Crippen LogP contribution < -0.4 is 10.2 Å². The van der Waals surface area contributed by atoms with Gasteiger partial charge in [0.2, 0.25) is 0 Å². The summed E-state index contributed by atoms with van der Waals surface area (Å²) in [6.45, 7) is 2.12. The molecule has 0 amide bonds. The third-order valence-electron chi connectivity index (χ3n) is 2.92. The van der Waals surface area contributed by atoms with E-state index in [0.29, 0.717) is 6.04 Å². The fourth-order valence-corrected chi connectivity index (χ4v) is 2.04. The van der Waals surface area contributed by atoms with Crippen molar-refractivity contribution in [3.05, 3.63) is 30.1 Å². The topological polar surface area (TPSA) is 15.3 Å². The summed E-state index contributed by atoms with van der Waals surface area (Å²) in [5.74, 6) is -0.175. The van der Waals surface area contributed by atoms with Crippen LogP contribution in [0.5, 0.6) is 0 Å².